The standard InChI is InChI=1S/C23H27N3O5/c27-22(24-17-7-8-18-20(14-17)31-15-30-18)21(16-4-1-2-5-16)25-9-11-26(12-10-25)23(28)19-6-3-13-29-19/h3,6-8,13-14,16,21H,1-2,4-5,9-12,15H2,(H,24,27). The van der Waals surface area contributed by atoms with E-state index in [0.717, 1.165) is 25.7 Å². The minimum atomic E-state index is -0.200. The molecule has 1 aromatic heterocycles. The third-order valence-corrected chi connectivity index (χ3v) is 6.48. The van der Waals surface area contributed by atoms with Crippen LogP contribution in [0.2, 0.25) is 0 Å². The molecule has 1 atom stereocenters. The van der Waals surface area contributed by atoms with Crippen LogP contribution in [0, 0.1) is 5.92 Å². The summed E-state index contributed by atoms with van der Waals surface area (Å²) in [5.74, 6) is 1.97. The third kappa shape index (κ3) is 4.12. The molecule has 1 N–H and O–H groups in total. The molecule has 8 heteroatoms. The van der Waals surface area contributed by atoms with Crippen LogP contribution in [0.4, 0.5) is 5.69 Å². The molecule has 3 aliphatic rings. The van der Waals surface area contributed by atoms with Gasteiger partial charge < -0.3 is 24.1 Å². The largest absolute Gasteiger partial charge is 0.459 e. The number of carbonyl (C=O) groups is 2. The number of nitrogens with zero attached hydrogens (tertiary/aromatic N) is 2. The summed E-state index contributed by atoms with van der Waals surface area (Å²) in [5.41, 5.74) is 0.712. The maximum Gasteiger partial charge on any atom is 0.289 e. The average Bonchev–Trinajstić information content (AvgIpc) is 3.56. The van der Waals surface area contributed by atoms with Gasteiger partial charge in [-0.15, -0.1) is 0 Å². The van der Waals surface area contributed by atoms with Crippen molar-refractivity contribution >= 4 is 17.5 Å². The van der Waals surface area contributed by atoms with Crippen LogP contribution >= 0.6 is 0 Å². The Labute approximate surface area is 181 Å². The minimum Gasteiger partial charge on any atom is -0.459 e. The van der Waals surface area contributed by atoms with Gasteiger partial charge in [0.15, 0.2) is 17.3 Å². The molecular formula is C23H27N3O5. The number of hydrogen-bond acceptors (Lipinski definition) is 6. The number of ether oxygens (including phenoxy) is 2. The molecule has 2 aliphatic heterocycles. The highest BCUT2D eigenvalue weighted by molar-refractivity contribution is 5.95. The maximum absolute atomic E-state index is 13.4. The van der Waals surface area contributed by atoms with Crippen molar-refractivity contribution in [1.29, 1.82) is 0 Å². The fourth-order valence-electron chi connectivity index (χ4n) is 4.90. The molecule has 1 aromatic carbocycles. The molecule has 31 heavy (non-hydrogen) atoms. The van der Waals surface area contributed by atoms with Crippen LogP contribution in [0.15, 0.2) is 41.0 Å². The Morgan fingerprint density at radius 1 is 1.00 bits per heavy atom. The van der Waals surface area contributed by atoms with E-state index in [1.54, 1.807) is 17.0 Å². The Balaban J connectivity index is 1.27. The summed E-state index contributed by atoms with van der Waals surface area (Å²) >= 11 is 0. The van der Waals surface area contributed by atoms with Gasteiger partial charge in [0, 0.05) is 37.9 Å². The molecule has 8 nitrogen and oxygen atoms in total. The molecule has 0 radical (unpaired) electrons. The normalized spacial score (nSPS) is 20.1. The number of furan rings is 1. The van der Waals surface area contributed by atoms with Crippen molar-refractivity contribution in [3.63, 3.8) is 0 Å². The zero-order chi connectivity index (χ0) is 21.2. The average molecular weight is 425 g/mol. The van der Waals surface area contributed by atoms with E-state index in [-0.39, 0.29) is 24.6 Å². The van der Waals surface area contributed by atoms with Crippen LogP contribution in [-0.2, 0) is 4.79 Å². The molecule has 3 heterocycles. The van der Waals surface area contributed by atoms with Crippen LogP contribution in [0.1, 0.15) is 36.2 Å². The van der Waals surface area contributed by atoms with Crippen molar-refractivity contribution in [2.24, 2.45) is 5.92 Å². The van der Waals surface area contributed by atoms with E-state index < -0.39 is 0 Å². The van der Waals surface area contributed by atoms with E-state index >= 15 is 0 Å². The molecule has 5 rings (SSSR count). The molecule has 1 aliphatic carbocycles. The molecule has 2 aromatic rings. The first-order valence-electron chi connectivity index (χ1n) is 11.0. The first kappa shape index (κ1) is 19.9. The van der Waals surface area contributed by atoms with Crippen molar-refractivity contribution in [3.05, 3.63) is 42.4 Å². The lowest BCUT2D eigenvalue weighted by Crippen LogP contribution is -2.56. The second-order valence-electron chi connectivity index (χ2n) is 8.35. The zero-order valence-corrected chi connectivity index (χ0v) is 17.4. The van der Waals surface area contributed by atoms with Gasteiger partial charge in [-0.2, -0.15) is 0 Å². The monoisotopic (exact) mass is 425 g/mol. The van der Waals surface area contributed by atoms with Gasteiger partial charge in [-0.3, -0.25) is 14.5 Å². The number of anilines is 1. The Morgan fingerprint density at radius 2 is 1.77 bits per heavy atom. The van der Waals surface area contributed by atoms with Gasteiger partial charge in [0.2, 0.25) is 12.7 Å². The van der Waals surface area contributed by atoms with Crippen LogP contribution in [0.25, 0.3) is 0 Å². The van der Waals surface area contributed by atoms with Crippen molar-refractivity contribution in [1.82, 2.24) is 9.80 Å². The maximum atomic E-state index is 13.4. The van der Waals surface area contributed by atoms with Crippen LogP contribution in [0.5, 0.6) is 11.5 Å². The van der Waals surface area contributed by atoms with Crippen molar-refractivity contribution in [3.8, 4) is 11.5 Å². The zero-order valence-electron chi connectivity index (χ0n) is 17.4. The molecule has 2 fully saturated rings. The van der Waals surface area contributed by atoms with Gasteiger partial charge in [-0.05, 0) is 43.0 Å². The lowest BCUT2D eigenvalue weighted by molar-refractivity contribution is -0.123. The predicted octanol–water partition coefficient (Wildman–Crippen LogP) is 2.96. The van der Waals surface area contributed by atoms with Crippen LogP contribution in [0.3, 0.4) is 0 Å². The summed E-state index contributed by atoms with van der Waals surface area (Å²) in [7, 11) is 0. The van der Waals surface area contributed by atoms with Crippen molar-refractivity contribution in [2.75, 3.05) is 38.3 Å². The number of fused-ring (bicyclic) bond motifs is 1. The Bertz CT molecular complexity index is 931. The van der Waals surface area contributed by atoms with Gasteiger partial charge >= 0.3 is 0 Å². The Kier molecular flexibility index (Phi) is 5.55. The molecule has 0 bridgehead atoms. The summed E-state index contributed by atoms with van der Waals surface area (Å²) in [6, 6.07) is 8.69. The van der Waals surface area contributed by atoms with Gasteiger partial charge in [-0.25, -0.2) is 0 Å². The molecule has 2 amide bonds. The van der Waals surface area contributed by atoms with E-state index in [0.29, 0.717) is 55.0 Å². The van der Waals surface area contributed by atoms with Crippen LogP contribution in [-0.4, -0.2) is 60.6 Å². The molecular weight excluding hydrogens is 398 g/mol. The molecule has 1 saturated carbocycles. The topological polar surface area (TPSA) is 84.3 Å². The molecule has 1 unspecified atom stereocenters. The second kappa shape index (κ2) is 8.63. The van der Waals surface area contributed by atoms with Gasteiger partial charge in [0.05, 0.1) is 12.3 Å². The number of nitrogens with one attached hydrogen (secondary N) is 1. The second-order valence-corrected chi connectivity index (χ2v) is 8.35. The first-order valence-corrected chi connectivity index (χ1v) is 11.0. The Morgan fingerprint density at radius 3 is 2.52 bits per heavy atom. The SMILES string of the molecule is O=C(Nc1ccc2c(c1)OCO2)C(C1CCCC1)N1CCN(C(=O)c2ccco2)CC1. The number of benzene rings is 1. The summed E-state index contributed by atoms with van der Waals surface area (Å²) in [6.07, 6.45) is 5.96. The predicted molar refractivity (Wildman–Crippen MR) is 113 cm³/mol. The lowest BCUT2D eigenvalue weighted by atomic mass is 9.94. The highest BCUT2D eigenvalue weighted by atomic mass is 16.7. The van der Waals surface area contributed by atoms with E-state index in [4.69, 9.17) is 13.9 Å². The van der Waals surface area contributed by atoms with E-state index in [1.165, 1.54) is 6.26 Å². The number of carbonyl (C=O) groups excluding carboxylic acids is 2. The fraction of sp³-hybridized carbons (Fsp3) is 0.478. The summed E-state index contributed by atoms with van der Waals surface area (Å²) in [6.45, 7) is 2.71. The van der Waals surface area contributed by atoms with E-state index in [1.807, 2.05) is 18.2 Å². The molecule has 1 saturated heterocycles. The molecule has 0 spiro atoms. The fourth-order valence-corrected chi connectivity index (χ4v) is 4.90. The number of piperazine rings is 1. The molecule has 164 valence electrons. The van der Waals surface area contributed by atoms with Crippen LogP contribution < -0.4 is 14.8 Å². The summed E-state index contributed by atoms with van der Waals surface area (Å²) < 4.78 is 16.0. The van der Waals surface area contributed by atoms with Crippen molar-refractivity contribution < 1.29 is 23.5 Å². The smallest absolute Gasteiger partial charge is 0.289 e. The minimum absolute atomic E-state index is 0.0107. The summed E-state index contributed by atoms with van der Waals surface area (Å²) in [5, 5.41) is 3.09. The van der Waals surface area contributed by atoms with E-state index in [9.17, 15) is 9.59 Å². The number of amides is 2. The van der Waals surface area contributed by atoms with E-state index in [2.05, 4.69) is 10.2 Å². The summed E-state index contributed by atoms with van der Waals surface area (Å²) in [4.78, 5) is 30.0. The highest BCUT2D eigenvalue weighted by Crippen LogP contribution is 2.35. The third-order valence-electron chi connectivity index (χ3n) is 6.48. The van der Waals surface area contributed by atoms with Gasteiger partial charge in [0.1, 0.15) is 0 Å². The van der Waals surface area contributed by atoms with Gasteiger partial charge in [-0.1, -0.05) is 12.8 Å². The first-order chi connectivity index (χ1) is 15.2. The van der Waals surface area contributed by atoms with Gasteiger partial charge in [0.25, 0.3) is 5.91 Å². The Hall–Kier alpha value is -3.00. The number of hydrogen-bond donors (Lipinski definition) is 1. The lowest BCUT2D eigenvalue weighted by Gasteiger charge is -2.40. The highest BCUT2D eigenvalue weighted by Gasteiger charge is 2.37. The quantitative estimate of drug-likeness (QED) is 0.793. The van der Waals surface area contributed by atoms with Crippen molar-refractivity contribution in [2.45, 2.75) is 31.7 Å². The number of rotatable bonds is 5.